The number of nitrogens with two attached hydrogens (primary N) is 1. The number of fused-ring (bicyclic) bond motifs is 1. The third kappa shape index (κ3) is 2.64. The molecule has 0 bridgehead atoms. The van der Waals surface area contributed by atoms with Crippen LogP contribution in [0.25, 0.3) is 0 Å². The summed E-state index contributed by atoms with van der Waals surface area (Å²) in [5.74, 6) is 1.46. The Kier molecular flexibility index (Phi) is 3.37. The Morgan fingerprint density at radius 1 is 1.30 bits per heavy atom. The number of aromatic nitrogens is 2. The van der Waals surface area contributed by atoms with Gasteiger partial charge in [-0.1, -0.05) is 0 Å². The van der Waals surface area contributed by atoms with E-state index in [9.17, 15) is 0 Å². The molecular weight excluding hydrogens is 256 g/mol. The summed E-state index contributed by atoms with van der Waals surface area (Å²) in [5, 5.41) is 7.47. The van der Waals surface area contributed by atoms with E-state index in [0.717, 1.165) is 24.4 Å². The molecule has 6 heteroatoms. The second-order valence-electron chi connectivity index (χ2n) is 4.78. The quantitative estimate of drug-likeness (QED) is 0.825. The minimum absolute atomic E-state index is 0.570. The van der Waals surface area contributed by atoms with Gasteiger partial charge in [0.1, 0.15) is 13.2 Å². The summed E-state index contributed by atoms with van der Waals surface area (Å²) in [6.07, 6.45) is 4.77. The van der Waals surface area contributed by atoms with Gasteiger partial charge in [-0.05, 0) is 12.0 Å². The van der Waals surface area contributed by atoms with E-state index in [-0.39, 0.29) is 0 Å². The Morgan fingerprint density at radius 2 is 2.05 bits per heavy atom. The highest BCUT2D eigenvalue weighted by molar-refractivity contribution is 5.72. The van der Waals surface area contributed by atoms with Crippen LogP contribution >= 0.6 is 0 Å². The molecule has 1 aromatic heterocycles. The first-order valence-electron chi connectivity index (χ1n) is 6.63. The molecule has 0 spiro atoms. The summed E-state index contributed by atoms with van der Waals surface area (Å²) in [5.41, 5.74) is 8.74. The van der Waals surface area contributed by atoms with Gasteiger partial charge < -0.3 is 20.5 Å². The first kappa shape index (κ1) is 12.7. The smallest absolute Gasteiger partial charge is 0.163 e. The maximum Gasteiger partial charge on any atom is 0.163 e. The van der Waals surface area contributed by atoms with Gasteiger partial charge in [0.2, 0.25) is 0 Å². The molecule has 6 nitrogen and oxygen atoms in total. The standard InChI is InChI=1S/C14H18N4O2/c1-18-9-10(8-17-18)2-3-16-12-7-14-13(6-11(12)15)19-4-5-20-14/h6-9,16H,2-5,15H2,1H3. The number of anilines is 2. The fraction of sp³-hybridized carbons (Fsp3) is 0.357. The molecule has 0 saturated carbocycles. The Labute approximate surface area is 117 Å². The van der Waals surface area contributed by atoms with Crippen molar-refractivity contribution in [3.63, 3.8) is 0 Å². The van der Waals surface area contributed by atoms with Crippen molar-refractivity contribution >= 4 is 11.4 Å². The van der Waals surface area contributed by atoms with Gasteiger partial charge in [-0.3, -0.25) is 4.68 Å². The van der Waals surface area contributed by atoms with Gasteiger partial charge in [-0.2, -0.15) is 5.10 Å². The Morgan fingerprint density at radius 3 is 2.75 bits per heavy atom. The van der Waals surface area contributed by atoms with Crippen LogP contribution in [0.1, 0.15) is 5.56 Å². The Hall–Kier alpha value is -2.37. The van der Waals surface area contributed by atoms with E-state index < -0.39 is 0 Å². The van der Waals surface area contributed by atoms with E-state index >= 15 is 0 Å². The topological polar surface area (TPSA) is 74.3 Å². The molecule has 1 aliphatic rings. The number of nitrogens with zero attached hydrogens (tertiary/aromatic N) is 2. The lowest BCUT2D eigenvalue weighted by molar-refractivity contribution is 0.172. The molecule has 3 rings (SSSR count). The van der Waals surface area contributed by atoms with E-state index in [2.05, 4.69) is 10.4 Å². The zero-order valence-corrected chi connectivity index (χ0v) is 11.4. The molecule has 106 valence electrons. The summed E-state index contributed by atoms with van der Waals surface area (Å²) in [6.45, 7) is 1.93. The molecule has 0 aliphatic carbocycles. The second kappa shape index (κ2) is 5.32. The summed E-state index contributed by atoms with van der Waals surface area (Å²) in [7, 11) is 1.91. The Balaban J connectivity index is 1.65. The molecule has 0 amide bonds. The lowest BCUT2D eigenvalue weighted by Gasteiger charge is -2.20. The highest BCUT2D eigenvalue weighted by atomic mass is 16.6. The van der Waals surface area contributed by atoms with E-state index in [1.807, 2.05) is 25.5 Å². The number of nitrogens with one attached hydrogen (secondary N) is 1. The lowest BCUT2D eigenvalue weighted by Crippen LogP contribution is -2.16. The average molecular weight is 274 g/mol. The van der Waals surface area contributed by atoms with Crippen LogP contribution in [0.3, 0.4) is 0 Å². The molecule has 2 aromatic rings. The fourth-order valence-electron chi connectivity index (χ4n) is 2.20. The zero-order valence-electron chi connectivity index (χ0n) is 11.4. The number of hydrogen-bond donors (Lipinski definition) is 2. The van der Waals surface area contributed by atoms with Gasteiger partial charge in [0.25, 0.3) is 0 Å². The van der Waals surface area contributed by atoms with E-state index in [1.54, 1.807) is 10.7 Å². The van der Waals surface area contributed by atoms with Gasteiger partial charge in [0.15, 0.2) is 11.5 Å². The molecule has 0 fully saturated rings. The van der Waals surface area contributed by atoms with Crippen LogP contribution in [0, 0.1) is 0 Å². The third-order valence-corrected chi connectivity index (χ3v) is 3.20. The molecule has 0 radical (unpaired) electrons. The van der Waals surface area contributed by atoms with Crippen LogP contribution in [0.5, 0.6) is 11.5 Å². The van der Waals surface area contributed by atoms with Crippen molar-refractivity contribution in [1.29, 1.82) is 0 Å². The fourth-order valence-corrected chi connectivity index (χ4v) is 2.20. The zero-order chi connectivity index (χ0) is 13.9. The third-order valence-electron chi connectivity index (χ3n) is 3.20. The summed E-state index contributed by atoms with van der Waals surface area (Å²) < 4.78 is 12.8. The maximum absolute atomic E-state index is 6.01. The molecule has 1 aliphatic heterocycles. The van der Waals surface area contributed by atoms with Crippen LogP contribution in [-0.4, -0.2) is 29.5 Å². The van der Waals surface area contributed by atoms with Crippen molar-refractivity contribution in [1.82, 2.24) is 9.78 Å². The predicted octanol–water partition coefficient (Wildman–Crippen LogP) is 1.43. The molecule has 0 saturated heterocycles. The number of rotatable bonds is 4. The van der Waals surface area contributed by atoms with E-state index in [4.69, 9.17) is 15.2 Å². The summed E-state index contributed by atoms with van der Waals surface area (Å²) in [6, 6.07) is 3.70. The number of ether oxygens (including phenoxy) is 2. The van der Waals surface area contributed by atoms with Crippen LogP contribution in [0.2, 0.25) is 0 Å². The minimum atomic E-state index is 0.570. The first-order valence-corrected chi connectivity index (χ1v) is 6.63. The highest BCUT2D eigenvalue weighted by Crippen LogP contribution is 2.36. The molecule has 0 atom stereocenters. The highest BCUT2D eigenvalue weighted by Gasteiger charge is 2.14. The van der Waals surface area contributed by atoms with Gasteiger partial charge in [0, 0.05) is 31.9 Å². The number of aryl methyl sites for hydroxylation is 1. The van der Waals surface area contributed by atoms with Crippen LogP contribution in [0.15, 0.2) is 24.5 Å². The van der Waals surface area contributed by atoms with Crippen LogP contribution in [0.4, 0.5) is 11.4 Å². The molecule has 2 heterocycles. The second-order valence-corrected chi connectivity index (χ2v) is 4.78. The lowest BCUT2D eigenvalue weighted by atomic mass is 10.2. The van der Waals surface area contributed by atoms with Crippen molar-refractivity contribution in [2.75, 3.05) is 30.8 Å². The molecule has 1 aromatic carbocycles. The van der Waals surface area contributed by atoms with Crippen molar-refractivity contribution < 1.29 is 9.47 Å². The summed E-state index contributed by atoms with van der Waals surface area (Å²) in [4.78, 5) is 0. The summed E-state index contributed by atoms with van der Waals surface area (Å²) >= 11 is 0. The van der Waals surface area contributed by atoms with Gasteiger partial charge in [-0.15, -0.1) is 0 Å². The molecule has 0 unspecified atom stereocenters. The average Bonchev–Trinajstić information content (AvgIpc) is 2.85. The number of nitrogen functional groups attached to an aromatic ring is 1. The van der Waals surface area contributed by atoms with Gasteiger partial charge >= 0.3 is 0 Å². The maximum atomic E-state index is 6.01. The van der Waals surface area contributed by atoms with E-state index in [1.165, 1.54) is 5.56 Å². The van der Waals surface area contributed by atoms with E-state index in [0.29, 0.717) is 24.7 Å². The van der Waals surface area contributed by atoms with Crippen molar-refractivity contribution in [2.24, 2.45) is 7.05 Å². The number of benzene rings is 1. The Bertz CT molecular complexity index is 609. The van der Waals surface area contributed by atoms with Crippen LogP contribution < -0.4 is 20.5 Å². The number of hydrogen-bond acceptors (Lipinski definition) is 5. The molecule has 3 N–H and O–H groups in total. The van der Waals surface area contributed by atoms with Crippen molar-refractivity contribution in [3.8, 4) is 11.5 Å². The van der Waals surface area contributed by atoms with Gasteiger partial charge in [-0.25, -0.2) is 0 Å². The first-order chi connectivity index (χ1) is 9.72. The van der Waals surface area contributed by atoms with Crippen molar-refractivity contribution in [3.05, 3.63) is 30.1 Å². The molecular formula is C14H18N4O2. The van der Waals surface area contributed by atoms with Crippen molar-refractivity contribution in [2.45, 2.75) is 6.42 Å². The predicted molar refractivity (Wildman–Crippen MR) is 77.2 cm³/mol. The van der Waals surface area contributed by atoms with Gasteiger partial charge in [0.05, 0.1) is 17.6 Å². The molecule has 20 heavy (non-hydrogen) atoms. The minimum Gasteiger partial charge on any atom is -0.486 e. The SMILES string of the molecule is Cn1cc(CCNc2cc3c(cc2N)OCCO3)cn1. The monoisotopic (exact) mass is 274 g/mol. The van der Waals surface area contributed by atoms with Crippen LogP contribution in [-0.2, 0) is 13.5 Å². The normalized spacial score (nSPS) is 13.2. The largest absolute Gasteiger partial charge is 0.486 e.